The lowest BCUT2D eigenvalue weighted by atomic mass is 9.98. The van der Waals surface area contributed by atoms with Gasteiger partial charge < -0.3 is 4.74 Å². The zero-order valence-corrected chi connectivity index (χ0v) is 10.8. The van der Waals surface area contributed by atoms with E-state index in [1.807, 2.05) is 0 Å². The van der Waals surface area contributed by atoms with Crippen LogP contribution in [0.2, 0.25) is 0 Å². The lowest BCUT2D eigenvalue weighted by molar-refractivity contribution is -0.141. The summed E-state index contributed by atoms with van der Waals surface area (Å²) in [5.41, 5.74) is 1.19. The number of esters is 1. The number of rotatable bonds is 3. The molecule has 0 aliphatic heterocycles. The van der Waals surface area contributed by atoms with Crippen molar-refractivity contribution in [3.8, 4) is 0 Å². The van der Waals surface area contributed by atoms with Gasteiger partial charge in [0.1, 0.15) is 16.7 Å². The van der Waals surface area contributed by atoms with Crippen molar-refractivity contribution in [2.75, 3.05) is 7.11 Å². The summed E-state index contributed by atoms with van der Waals surface area (Å²) >= 11 is 1.37. The average Bonchev–Trinajstić information content (AvgIpc) is 2.87. The molecule has 0 saturated carbocycles. The van der Waals surface area contributed by atoms with Gasteiger partial charge in [0, 0.05) is 11.6 Å². The zero-order chi connectivity index (χ0) is 13.1. The molecule has 2 aromatic rings. The number of aryl methyl sites for hydroxylation is 1. The Hall–Kier alpha value is -1.75. The number of nitrogens with zero attached hydrogens (tertiary/aromatic N) is 1. The maximum absolute atomic E-state index is 13.3. The van der Waals surface area contributed by atoms with Crippen LogP contribution in [-0.4, -0.2) is 18.1 Å². The van der Waals surface area contributed by atoms with Crippen LogP contribution in [0.3, 0.4) is 0 Å². The summed E-state index contributed by atoms with van der Waals surface area (Å²) in [6.45, 7) is 1.66. The minimum Gasteiger partial charge on any atom is -0.468 e. The minimum absolute atomic E-state index is 0.290. The predicted octanol–water partition coefficient (Wildman–Crippen LogP) is 2.90. The van der Waals surface area contributed by atoms with Gasteiger partial charge in [-0.3, -0.25) is 4.79 Å². The lowest BCUT2D eigenvalue weighted by Gasteiger charge is -2.13. The highest BCUT2D eigenvalue weighted by molar-refractivity contribution is 7.09. The van der Waals surface area contributed by atoms with Gasteiger partial charge in [0.05, 0.1) is 7.11 Å². The Balaban J connectivity index is 2.46. The summed E-state index contributed by atoms with van der Waals surface area (Å²) in [5, 5.41) is 2.44. The summed E-state index contributed by atoms with van der Waals surface area (Å²) in [5.74, 6) is -1.27. The summed E-state index contributed by atoms with van der Waals surface area (Å²) in [6, 6.07) is 4.60. The Kier molecular flexibility index (Phi) is 3.72. The third-order valence-corrected chi connectivity index (χ3v) is 3.49. The van der Waals surface area contributed by atoms with Crippen LogP contribution >= 0.6 is 11.3 Å². The van der Waals surface area contributed by atoms with Crippen LogP contribution in [-0.2, 0) is 9.53 Å². The molecule has 2 rings (SSSR count). The Labute approximate surface area is 108 Å². The minimum atomic E-state index is -0.589. The summed E-state index contributed by atoms with van der Waals surface area (Å²) in [4.78, 5) is 16.0. The average molecular weight is 265 g/mol. The van der Waals surface area contributed by atoms with Crippen LogP contribution in [0.5, 0.6) is 0 Å². The molecule has 0 saturated heterocycles. The molecule has 18 heavy (non-hydrogen) atoms. The van der Waals surface area contributed by atoms with Crippen molar-refractivity contribution in [2.24, 2.45) is 0 Å². The van der Waals surface area contributed by atoms with Crippen LogP contribution < -0.4 is 0 Å². The largest absolute Gasteiger partial charge is 0.468 e. The molecule has 1 atom stereocenters. The molecule has 0 fully saturated rings. The van der Waals surface area contributed by atoms with E-state index in [1.165, 1.54) is 24.5 Å². The van der Waals surface area contributed by atoms with E-state index in [-0.39, 0.29) is 5.82 Å². The summed E-state index contributed by atoms with van der Waals surface area (Å²) < 4.78 is 18.1. The Morgan fingerprint density at radius 2 is 2.28 bits per heavy atom. The van der Waals surface area contributed by atoms with Crippen LogP contribution in [0.15, 0.2) is 29.8 Å². The van der Waals surface area contributed by atoms with Crippen LogP contribution in [0.4, 0.5) is 4.39 Å². The molecule has 1 unspecified atom stereocenters. The first-order valence-electron chi connectivity index (χ1n) is 5.36. The molecule has 0 radical (unpaired) electrons. The third-order valence-electron chi connectivity index (χ3n) is 2.65. The molecular formula is C13H12FNO2S. The van der Waals surface area contributed by atoms with Crippen molar-refractivity contribution in [3.05, 3.63) is 51.7 Å². The van der Waals surface area contributed by atoms with Gasteiger partial charge in [0.15, 0.2) is 0 Å². The van der Waals surface area contributed by atoms with E-state index in [0.29, 0.717) is 16.1 Å². The van der Waals surface area contributed by atoms with E-state index < -0.39 is 11.9 Å². The van der Waals surface area contributed by atoms with Crippen molar-refractivity contribution < 1.29 is 13.9 Å². The van der Waals surface area contributed by atoms with Gasteiger partial charge in [-0.05, 0) is 24.1 Å². The molecule has 0 amide bonds. The molecule has 94 valence electrons. The van der Waals surface area contributed by atoms with Gasteiger partial charge in [-0.25, -0.2) is 9.37 Å². The number of ether oxygens (including phenoxy) is 1. The van der Waals surface area contributed by atoms with E-state index in [9.17, 15) is 9.18 Å². The first-order chi connectivity index (χ1) is 8.63. The first-order valence-corrected chi connectivity index (χ1v) is 6.24. The van der Waals surface area contributed by atoms with Crippen molar-refractivity contribution in [2.45, 2.75) is 12.8 Å². The number of thiazole rings is 1. The molecule has 1 aromatic heterocycles. The van der Waals surface area contributed by atoms with Gasteiger partial charge in [-0.2, -0.15) is 0 Å². The molecular weight excluding hydrogens is 253 g/mol. The second-order valence-corrected chi connectivity index (χ2v) is 4.76. The molecule has 0 spiro atoms. The summed E-state index contributed by atoms with van der Waals surface area (Å²) in [7, 11) is 1.33. The second kappa shape index (κ2) is 5.27. The van der Waals surface area contributed by atoms with Crippen LogP contribution in [0, 0.1) is 12.7 Å². The van der Waals surface area contributed by atoms with Gasteiger partial charge in [0.25, 0.3) is 0 Å². The quantitative estimate of drug-likeness (QED) is 0.801. The fraction of sp³-hybridized carbons (Fsp3) is 0.231. The smallest absolute Gasteiger partial charge is 0.320 e. The number of hydrogen-bond donors (Lipinski definition) is 0. The van der Waals surface area contributed by atoms with Crippen molar-refractivity contribution in [3.63, 3.8) is 0 Å². The van der Waals surface area contributed by atoms with Crippen LogP contribution in [0.25, 0.3) is 0 Å². The number of carbonyl (C=O) groups excluding carboxylic acids is 1. The normalized spacial score (nSPS) is 12.2. The standard InChI is InChI=1S/C13H12FNO2S/c1-8-7-9(3-4-10(8)14)11(13(16)17-2)12-15-5-6-18-12/h3-7,11H,1-2H3. The maximum atomic E-state index is 13.3. The Bertz CT molecular complexity index is 554. The van der Waals surface area contributed by atoms with Gasteiger partial charge >= 0.3 is 5.97 Å². The number of aromatic nitrogens is 1. The number of halogens is 1. The fourth-order valence-electron chi connectivity index (χ4n) is 1.72. The Morgan fingerprint density at radius 1 is 1.50 bits per heavy atom. The fourth-order valence-corrected chi connectivity index (χ4v) is 2.47. The highest BCUT2D eigenvalue weighted by atomic mass is 32.1. The first kappa shape index (κ1) is 12.7. The van der Waals surface area contributed by atoms with Gasteiger partial charge in [-0.15, -0.1) is 11.3 Å². The molecule has 0 N–H and O–H groups in total. The third kappa shape index (κ3) is 2.41. The van der Waals surface area contributed by atoms with Gasteiger partial charge in [-0.1, -0.05) is 12.1 Å². The topological polar surface area (TPSA) is 39.2 Å². The van der Waals surface area contributed by atoms with E-state index in [2.05, 4.69) is 4.98 Å². The maximum Gasteiger partial charge on any atom is 0.320 e. The number of methoxy groups -OCH3 is 1. The van der Waals surface area contributed by atoms with E-state index in [4.69, 9.17) is 4.74 Å². The van der Waals surface area contributed by atoms with Crippen molar-refractivity contribution >= 4 is 17.3 Å². The SMILES string of the molecule is COC(=O)C(c1ccc(F)c(C)c1)c1nccs1. The Morgan fingerprint density at radius 3 is 2.83 bits per heavy atom. The highest BCUT2D eigenvalue weighted by Gasteiger charge is 2.26. The number of hydrogen-bond acceptors (Lipinski definition) is 4. The molecule has 3 nitrogen and oxygen atoms in total. The molecule has 0 aliphatic carbocycles. The van der Waals surface area contributed by atoms with E-state index in [0.717, 1.165) is 0 Å². The summed E-state index contributed by atoms with van der Waals surface area (Å²) in [6.07, 6.45) is 1.63. The molecule has 0 aliphatic rings. The second-order valence-electron chi connectivity index (χ2n) is 3.84. The number of carbonyl (C=O) groups is 1. The molecule has 1 heterocycles. The lowest BCUT2D eigenvalue weighted by Crippen LogP contribution is -2.15. The predicted molar refractivity (Wildman–Crippen MR) is 67.1 cm³/mol. The van der Waals surface area contributed by atoms with Crippen molar-refractivity contribution in [1.29, 1.82) is 0 Å². The van der Waals surface area contributed by atoms with E-state index >= 15 is 0 Å². The molecule has 1 aromatic carbocycles. The zero-order valence-electron chi connectivity index (χ0n) is 10.0. The molecule has 5 heteroatoms. The monoisotopic (exact) mass is 265 g/mol. The van der Waals surface area contributed by atoms with Crippen LogP contribution in [0.1, 0.15) is 22.1 Å². The van der Waals surface area contributed by atoms with E-state index in [1.54, 1.807) is 30.6 Å². The molecule has 0 bridgehead atoms. The van der Waals surface area contributed by atoms with Crippen molar-refractivity contribution in [1.82, 2.24) is 4.98 Å². The highest BCUT2D eigenvalue weighted by Crippen LogP contribution is 2.28. The number of benzene rings is 1. The van der Waals surface area contributed by atoms with Gasteiger partial charge in [0.2, 0.25) is 0 Å².